The lowest BCUT2D eigenvalue weighted by atomic mass is 10.1. The van der Waals surface area contributed by atoms with E-state index in [-0.39, 0.29) is 0 Å². The van der Waals surface area contributed by atoms with Crippen LogP contribution in [-0.4, -0.2) is 4.57 Å². The third-order valence-electron chi connectivity index (χ3n) is 4.83. The van der Waals surface area contributed by atoms with Gasteiger partial charge in [0.2, 0.25) is 0 Å². The maximum absolute atomic E-state index is 3.71. The summed E-state index contributed by atoms with van der Waals surface area (Å²) >= 11 is 3.71. The van der Waals surface area contributed by atoms with Gasteiger partial charge in [-0.3, -0.25) is 0 Å². The van der Waals surface area contributed by atoms with E-state index in [1.165, 1.54) is 32.9 Å². The largest absolute Gasteiger partial charge is 0.309 e. The molecule has 1 aromatic heterocycles. The summed E-state index contributed by atoms with van der Waals surface area (Å²) in [5, 5.41) is 2.56. The minimum absolute atomic E-state index is 1.08. The zero-order valence-electron chi connectivity index (χ0n) is 14.1. The number of para-hydroxylation sites is 2. The van der Waals surface area contributed by atoms with Crippen LogP contribution in [0.15, 0.2) is 102 Å². The maximum atomic E-state index is 3.71. The molecule has 4 aromatic carbocycles. The smallest absolute Gasteiger partial charge is 0.0541 e. The predicted octanol–water partition coefficient (Wildman–Crippen LogP) is 7.21. The first kappa shape index (κ1) is 15.4. The summed E-state index contributed by atoms with van der Waals surface area (Å²) in [6, 6.07) is 34.3. The number of nitrogens with zero attached hydrogens (tertiary/aromatic N) is 1. The molecular weight excluding hydrogens is 382 g/mol. The van der Waals surface area contributed by atoms with Gasteiger partial charge in [-0.2, -0.15) is 0 Å². The molecule has 1 nitrogen and oxygen atoms in total. The Morgan fingerprint density at radius 2 is 1.12 bits per heavy atom. The number of halogens is 1. The number of aromatic nitrogens is 1. The fraction of sp³-hybridized carbons (Fsp3) is 0. The second kappa shape index (κ2) is 6.15. The Labute approximate surface area is 160 Å². The first-order valence-electron chi connectivity index (χ1n) is 8.66. The number of rotatable bonds is 2. The molecule has 5 rings (SSSR count). The average Bonchev–Trinajstić information content (AvgIpc) is 3.03. The number of hydrogen-bond donors (Lipinski definition) is 0. The number of hydrogen-bond acceptors (Lipinski definition) is 0. The maximum Gasteiger partial charge on any atom is 0.0541 e. The SMILES string of the molecule is Brc1cc(-c2ccccc2)cc(-n2c3ccccc3c3ccccc32)c1. The highest BCUT2D eigenvalue weighted by Gasteiger charge is 2.12. The Bertz CT molecular complexity index is 1180. The van der Waals surface area contributed by atoms with Crippen LogP contribution in [0.4, 0.5) is 0 Å². The Kier molecular flexibility index (Phi) is 3.65. The van der Waals surface area contributed by atoms with Crippen LogP contribution in [0.25, 0.3) is 38.6 Å². The molecule has 0 amide bonds. The Morgan fingerprint density at radius 1 is 0.538 bits per heavy atom. The van der Waals surface area contributed by atoms with Crippen molar-refractivity contribution in [3.05, 3.63) is 102 Å². The first-order valence-corrected chi connectivity index (χ1v) is 9.45. The van der Waals surface area contributed by atoms with Crippen molar-refractivity contribution < 1.29 is 0 Å². The van der Waals surface area contributed by atoms with E-state index < -0.39 is 0 Å². The molecule has 0 N–H and O–H groups in total. The van der Waals surface area contributed by atoms with E-state index in [1.807, 2.05) is 0 Å². The molecule has 0 bridgehead atoms. The van der Waals surface area contributed by atoms with Gasteiger partial charge in [-0.05, 0) is 41.5 Å². The zero-order chi connectivity index (χ0) is 17.5. The van der Waals surface area contributed by atoms with Crippen molar-refractivity contribution in [2.24, 2.45) is 0 Å². The molecule has 124 valence electrons. The van der Waals surface area contributed by atoms with Crippen LogP contribution in [0.2, 0.25) is 0 Å². The van der Waals surface area contributed by atoms with Crippen molar-refractivity contribution in [1.29, 1.82) is 0 Å². The summed E-state index contributed by atoms with van der Waals surface area (Å²) < 4.78 is 3.43. The highest BCUT2D eigenvalue weighted by molar-refractivity contribution is 9.10. The second-order valence-electron chi connectivity index (χ2n) is 6.43. The fourth-order valence-electron chi connectivity index (χ4n) is 3.70. The summed E-state index contributed by atoms with van der Waals surface area (Å²) in [6.45, 7) is 0. The van der Waals surface area contributed by atoms with Crippen molar-refractivity contribution >= 4 is 37.7 Å². The van der Waals surface area contributed by atoms with Gasteiger partial charge < -0.3 is 4.57 Å². The van der Waals surface area contributed by atoms with Gasteiger partial charge in [-0.15, -0.1) is 0 Å². The highest BCUT2D eigenvalue weighted by Crippen LogP contribution is 2.34. The van der Waals surface area contributed by atoms with Crippen LogP contribution in [0, 0.1) is 0 Å². The van der Waals surface area contributed by atoms with Crippen molar-refractivity contribution in [1.82, 2.24) is 4.57 Å². The second-order valence-corrected chi connectivity index (χ2v) is 7.35. The fourth-order valence-corrected chi connectivity index (χ4v) is 4.18. The summed E-state index contributed by atoms with van der Waals surface area (Å²) in [4.78, 5) is 0. The Hall–Kier alpha value is -2.84. The van der Waals surface area contributed by atoms with Gasteiger partial charge in [-0.25, -0.2) is 0 Å². The van der Waals surface area contributed by atoms with Crippen LogP contribution in [0.1, 0.15) is 0 Å². The molecule has 0 aliphatic rings. The predicted molar refractivity (Wildman–Crippen MR) is 114 cm³/mol. The molecular formula is C24H16BrN. The molecule has 0 aliphatic heterocycles. The van der Waals surface area contributed by atoms with E-state index in [0.717, 1.165) is 10.2 Å². The quantitative estimate of drug-likeness (QED) is 0.296. The standard InChI is InChI=1S/C24H16BrN/c25-19-14-18(17-8-2-1-3-9-17)15-20(16-19)26-23-12-6-4-10-21(23)22-11-5-7-13-24(22)26/h1-16H. The van der Waals surface area contributed by atoms with Crippen LogP contribution in [0.3, 0.4) is 0 Å². The molecule has 0 atom stereocenters. The topological polar surface area (TPSA) is 4.93 Å². The summed E-state index contributed by atoms with van der Waals surface area (Å²) in [7, 11) is 0. The minimum atomic E-state index is 1.08. The van der Waals surface area contributed by atoms with Gasteiger partial charge >= 0.3 is 0 Å². The normalized spacial score (nSPS) is 11.3. The monoisotopic (exact) mass is 397 g/mol. The minimum Gasteiger partial charge on any atom is -0.309 e. The summed E-state index contributed by atoms with van der Waals surface area (Å²) in [6.07, 6.45) is 0. The van der Waals surface area contributed by atoms with E-state index in [0.29, 0.717) is 0 Å². The van der Waals surface area contributed by atoms with Crippen molar-refractivity contribution in [3.63, 3.8) is 0 Å². The van der Waals surface area contributed by atoms with Gasteiger partial charge in [0, 0.05) is 20.9 Å². The van der Waals surface area contributed by atoms with E-state index in [4.69, 9.17) is 0 Å². The molecule has 0 spiro atoms. The molecule has 2 heteroatoms. The van der Waals surface area contributed by atoms with E-state index in [2.05, 4.69) is 118 Å². The molecule has 0 fully saturated rings. The number of fused-ring (bicyclic) bond motifs is 3. The van der Waals surface area contributed by atoms with E-state index >= 15 is 0 Å². The lowest BCUT2D eigenvalue weighted by Crippen LogP contribution is -1.94. The Morgan fingerprint density at radius 3 is 1.77 bits per heavy atom. The van der Waals surface area contributed by atoms with Crippen molar-refractivity contribution in [3.8, 4) is 16.8 Å². The molecule has 0 unspecified atom stereocenters. The molecule has 5 aromatic rings. The Balaban J connectivity index is 1.84. The lowest BCUT2D eigenvalue weighted by Gasteiger charge is -2.11. The summed E-state index contributed by atoms with van der Waals surface area (Å²) in [5.74, 6) is 0. The summed E-state index contributed by atoms with van der Waals surface area (Å²) in [5.41, 5.74) is 6.04. The van der Waals surface area contributed by atoms with Crippen LogP contribution in [0.5, 0.6) is 0 Å². The van der Waals surface area contributed by atoms with Crippen LogP contribution < -0.4 is 0 Å². The van der Waals surface area contributed by atoms with Crippen molar-refractivity contribution in [2.75, 3.05) is 0 Å². The molecule has 1 heterocycles. The first-order chi connectivity index (χ1) is 12.8. The van der Waals surface area contributed by atoms with Crippen molar-refractivity contribution in [2.45, 2.75) is 0 Å². The lowest BCUT2D eigenvalue weighted by molar-refractivity contribution is 1.18. The van der Waals surface area contributed by atoms with Gasteiger partial charge in [-0.1, -0.05) is 82.7 Å². The zero-order valence-corrected chi connectivity index (χ0v) is 15.6. The van der Waals surface area contributed by atoms with Gasteiger partial charge in [0.05, 0.1) is 11.0 Å². The molecule has 0 radical (unpaired) electrons. The van der Waals surface area contributed by atoms with E-state index in [9.17, 15) is 0 Å². The number of benzene rings is 4. The van der Waals surface area contributed by atoms with Gasteiger partial charge in [0.25, 0.3) is 0 Å². The third kappa shape index (κ3) is 2.46. The van der Waals surface area contributed by atoms with Crippen LogP contribution >= 0.6 is 15.9 Å². The van der Waals surface area contributed by atoms with Gasteiger partial charge in [0.15, 0.2) is 0 Å². The van der Waals surface area contributed by atoms with E-state index in [1.54, 1.807) is 0 Å². The van der Waals surface area contributed by atoms with Gasteiger partial charge in [0.1, 0.15) is 0 Å². The molecule has 0 saturated carbocycles. The third-order valence-corrected chi connectivity index (χ3v) is 5.29. The van der Waals surface area contributed by atoms with Crippen LogP contribution in [-0.2, 0) is 0 Å². The molecule has 0 aliphatic carbocycles. The average molecular weight is 398 g/mol. The molecule has 26 heavy (non-hydrogen) atoms. The highest BCUT2D eigenvalue weighted by atomic mass is 79.9. The molecule has 0 saturated heterocycles.